The van der Waals surface area contributed by atoms with Crippen molar-refractivity contribution in [3.8, 4) is 0 Å². The maximum absolute atomic E-state index is 6.87. The standard InChI is InChI=1S/C28H29OPS/c1-21(2)28(31-27-20-12-14-23-13-10-11-19-26(23)27)22(3)29-30(24-15-6-4-7-16-24)25-17-8-5-9-18-25/h4-22,28H,1-3H3/t22-,28-/m1/s1. The molecule has 4 rings (SSSR count). The first-order valence-electron chi connectivity index (χ1n) is 10.8. The Morgan fingerprint density at radius 3 is 1.81 bits per heavy atom. The van der Waals surface area contributed by atoms with E-state index < -0.39 is 8.15 Å². The first kappa shape index (κ1) is 22.1. The van der Waals surface area contributed by atoms with E-state index in [1.165, 1.54) is 26.3 Å². The predicted octanol–water partition coefficient (Wildman–Crippen LogP) is 7.41. The van der Waals surface area contributed by atoms with Gasteiger partial charge in [0, 0.05) is 20.8 Å². The van der Waals surface area contributed by atoms with Crippen LogP contribution in [0.25, 0.3) is 10.8 Å². The fourth-order valence-electron chi connectivity index (χ4n) is 3.84. The SMILES string of the molecule is CC(C)[C@@H](Sc1cccc2ccccc12)[C@@H](C)OP(c1ccccc1)c1ccccc1. The van der Waals surface area contributed by atoms with Crippen molar-refractivity contribution < 1.29 is 4.52 Å². The van der Waals surface area contributed by atoms with E-state index in [1.807, 2.05) is 11.8 Å². The van der Waals surface area contributed by atoms with Gasteiger partial charge in [0.2, 0.25) is 0 Å². The zero-order valence-electron chi connectivity index (χ0n) is 18.3. The normalized spacial score (nSPS) is 13.6. The summed E-state index contributed by atoms with van der Waals surface area (Å²) < 4.78 is 6.87. The Bertz CT molecular complexity index is 1050. The summed E-state index contributed by atoms with van der Waals surface area (Å²) in [7, 11) is -0.870. The molecular formula is C28H29OPS. The van der Waals surface area contributed by atoms with Crippen molar-refractivity contribution in [2.75, 3.05) is 0 Å². The summed E-state index contributed by atoms with van der Waals surface area (Å²) in [5, 5.41) is 5.48. The molecule has 0 bridgehead atoms. The highest BCUT2D eigenvalue weighted by Gasteiger charge is 2.27. The average molecular weight is 445 g/mol. The number of hydrogen-bond donors (Lipinski definition) is 0. The molecule has 0 fully saturated rings. The second-order valence-corrected chi connectivity index (χ2v) is 11.1. The fourth-order valence-corrected chi connectivity index (χ4v) is 7.10. The van der Waals surface area contributed by atoms with Crippen LogP contribution in [-0.2, 0) is 4.52 Å². The molecule has 0 saturated heterocycles. The molecule has 0 saturated carbocycles. The lowest BCUT2D eigenvalue weighted by molar-refractivity contribution is 0.228. The van der Waals surface area contributed by atoms with Crippen molar-refractivity contribution >= 4 is 41.3 Å². The quantitative estimate of drug-likeness (QED) is 0.207. The molecule has 0 amide bonds. The van der Waals surface area contributed by atoms with Gasteiger partial charge in [-0.2, -0.15) is 0 Å². The van der Waals surface area contributed by atoms with Crippen LogP contribution in [0.5, 0.6) is 0 Å². The summed E-state index contributed by atoms with van der Waals surface area (Å²) in [4.78, 5) is 1.33. The molecule has 3 heteroatoms. The number of rotatable bonds is 8. The third kappa shape index (κ3) is 5.39. The third-order valence-corrected chi connectivity index (χ3v) is 9.27. The van der Waals surface area contributed by atoms with Gasteiger partial charge in [0.15, 0.2) is 0 Å². The van der Waals surface area contributed by atoms with Crippen molar-refractivity contribution in [3.05, 3.63) is 103 Å². The van der Waals surface area contributed by atoms with Gasteiger partial charge in [-0.3, -0.25) is 0 Å². The van der Waals surface area contributed by atoms with Crippen molar-refractivity contribution in [1.82, 2.24) is 0 Å². The van der Waals surface area contributed by atoms with Crippen LogP contribution in [0.15, 0.2) is 108 Å². The summed E-state index contributed by atoms with van der Waals surface area (Å²) >= 11 is 1.95. The van der Waals surface area contributed by atoms with Crippen LogP contribution in [0.3, 0.4) is 0 Å². The summed E-state index contributed by atoms with van der Waals surface area (Å²) in [5.74, 6) is 0.488. The first-order chi connectivity index (χ1) is 15.1. The van der Waals surface area contributed by atoms with E-state index in [1.54, 1.807) is 0 Å². The summed E-state index contributed by atoms with van der Waals surface area (Å²) in [5.41, 5.74) is 0. The maximum Gasteiger partial charge on any atom is 0.0922 e. The second kappa shape index (κ2) is 10.5. The lowest BCUT2D eigenvalue weighted by atomic mass is 10.1. The van der Waals surface area contributed by atoms with E-state index in [2.05, 4.69) is 124 Å². The average Bonchev–Trinajstić information content (AvgIpc) is 2.82. The lowest BCUT2D eigenvalue weighted by Crippen LogP contribution is -2.29. The van der Waals surface area contributed by atoms with Crippen LogP contribution >= 0.6 is 19.9 Å². The topological polar surface area (TPSA) is 9.23 Å². The molecule has 0 unspecified atom stereocenters. The number of benzene rings is 4. The number of fused-ring (bicyclic) bond motifs is 1. The van der Waals surface area contributed by atoms with Gasteiger partial charge >= 0.3 is 0 Å². The molecule has 4 aromatic rings. The summed E-state index contributed by atoms with van der Waals surface area (Å²) in [6.07, 6.45) is 0.107. The van der Waals surface area contributed by atoms with Gasteiger partial charge in [-0.25, -0.2) is 0 Å². The van der Waals surface area contributed by atoms with Crippen LogP contribution in [-0.4, -0.2) is 11.4 Å². The lowest BCUT2D eigenvalue weighted by Gasteiger charge is -2.31. The minimum atomic E-state index is -0.870. The van der Waals surface area contributed by atoms with Gasteiger partial charge in [-0.05, 0) is 29.7 Å². The van der Waals surface area contributed by atoms with Crippen LogP contribution in [0.2, 0.25) is 0 Å². The molecule has 4 aromatic carbocycles. The van der Waals surface area contributed by atoms with E-state index in [9.17, 15) is 0 Å². The van der Waals surface area contributed by atoms with Crippen molar-refractivity contribution in [1.29, 1.82) is 0 Å². The van der Waals surface area contributed by atoms with Crippen LogP contribution in [0, 0.1) is 5.92 Å². The molecule has 0 aromatic heterocycles. The monoisotopic (exact) mass is 444 g/mol. The molecule has 0 spiro atoms. The number of hydrogen-bond acceptors (Lipinski definition) is 2. The minimum Gasteiger partial charge on any atom is -0.346 e. The minimum absolute atomic E-state index is 0.107. The smallest absolute Gasteiger partial charge is 0.0922 e. The Morgan fingerprint density at radius 1 is 0.645 bits per heavy atom. The van der Waals surface area contributed by atoms with Crippen LogP contribution in [0.1, 0.15) is 20.8 Å². The zero-order valence-corrected chi connectivity index (χ0v) is 20.0. The Balaban J connectivity index is 1.62. The third-order valence-electron chi connectivity index (χ3n) is 5.39. The molecule has 2 atom stereocenters. The molecule has 0 N–H and O–H groups in total. The Morgan fingerprint density at radius 2 is 1.19 bits per heavy atom. The molecule has 0 aliphatic rings. The zero-order chi connectivity index (χ0) is 21.6. The van der Waals surface area contributed by atoms with Crippen molar-refractivity contribution in [2.45, 2.75) is 37.0 Å². The van der Waals surface area contributed by atoms with E-state index in [0.29, 0.717) is 11.2 Å². The van der Waals surface area contributed by atoms with Gasteiger partial charge < -0.3 is 4.52 Å². The van der Waals surface area contributed by atoms with E-state index >= 15 is 0 Å². The van der Waals surface area contributed by atoms with E-state index in [-0.39, 0.29) is 6.10 Å². The highest BCUT2D eigenvalue weighted by atomic mass is 32.2. The summed E-state index contributed by atoms with van der Waals surface area (Å²) in [6.45, 7) is 6.84. The Hall–Kier alpha value is -2.12. The molecular weight excluding hydrogens is 415 g/mol. The van der Waals surface area contributed by atoms with Gasteiger partial charge in [-0.1, -0.05) is 111 Å². The van der Waals surface area contributed by atoms with E-state index in [0.717, 1.165) is 0 Å². The molecule has 1 nitrogen and oxygen atoms in total. The van der Waals surface area contributed by atoms with Gasteiger partial charge in [0.25, 0.3) is 0 Å². The molecule has 31 heavy (non-hydrogen) atoms. The molecule has 158 valence electrons. The molecule has 0 aliphatic carbocycles. The van der Waals surface area contributed by atoms with Crippen molar-refractivity contribution in [3.63, 3.8) is 0 Å². The number of thioether (sulfide) groups is 1. The highest BCUT2D eigenvalue weighted by Crippen LogP contribution is 2.42. The van der Waals surface area contributed by atoms with E-state index in [4.69, 9.17) is 4.52 Å². The molecule has 0 aliphatic heterocycles. The van der Waals surface area contributed by atoms with Crippen LogP contribution in [0.4, 0.5) is 0 Å². The van der Waals surface area contributed by atoms with Crippen molar-refractivity contribution in [2.24, 2.45) is 5.92 Å². The second-order valence-electron chi connectivity index (χ2n) is 8.08. The molecule has 0 radical (unpaired) electrons. The van der Waals surface area contributed by atoms with Gasteiger partial charge in [0.1, 0.15) is 0 Å². The van der Waals surface area contributed by atoms with Gasteiger partial charge in [0.05, 0.1) is 14.3 Å². The fraction of sp³-hybridized carbons (Fsp3) is 0.214. The van der Waals surface area contributed by atoms with Crippen LogP contribution < -0.4 is 10.6 Å². The Labute approximate surface area is 191 Å². The Kier molecular flexibility index (Phi) is 7.45. The first-order valence-corrected chi connectivity index (χ1v) is 13.0. The predicted molar refractivity (Wildman–Crippen MR) is 138 cm³/mol. The summed E-state index contributed by atoms with van der Waals surface area (Å²) in [6, 6.07) is 36.5. The maximum atomic E-state index is 6.87. The largest absolute Gasteiger partial charge is 0.346 e. The van der Waals surface area contributed by atoms with Gasteiger partial charge in [-0.15, -0.1) is 11.8 Å². The highest BCUT2D eigenvalue weighted by molar-refractivity contribution is 8.00. The molecule has 0 heterocycles.